The van der Waals surface area contributed by atoms with Gasteiger partial charge in [-0.3, -0.25) is 19.7 Å². The van der Waals surface area contributed by atoms with Crippen molar-refractivity contribution in [3.05, 3.63) is 88.5 Å². The summed E-state index contributed by atoms with van der Waals surface area (Å²) in [5, 5.41) is 11.4. The minimum absolute atomic E-state index is 0.0560. The summed E-state index contributed by atoms with van der Waals surface area (Å²) in [6.07, 6.45) is 0.573. The lowest BCUT2D eigenvalue weighted by molar-refractivity contribution is -0.136. The number of carbonyl (C=O) groups is 4. The van der Waals surface area contributed by atoms with Gasteiger partial charge in [0.15, 0.2) is 0 Å². The first-order chi connectivity index (χ1) is 21.4. The number of nitrogens with zero attached hydrogens (tertiary/aromatic N) is 1. The Hall–Kier alpha value is -4.94. The highest BCUT2D eigenvalue weighted by molar-refractivity contribution is 6.05. The molecule has 0 aliphatic carbocycles. The predicted molar refractivity (Wildman–Crippen MR) is 162 cm³/mol. The second-order valence-corrected chi connectivity index (χ2v) is 11.1. The van der Waals surface area contributed by atoms with E-state index < -0.39 is 11.9 Å². The van der Waals surface area contributed by atoms with Crippen LogP contribution < -0.4 is 31.7 Å². The number of nitrogens with one attached hydrogen (secondary N) is 4. The number of anilines is 2. The van der Waals surface area contributed by atoms with Crippen LogP contribution in [0.1, 0.15) is 45.5 Å². The van der Waals surface area contributed by atoms with Gasteiger partial charge in [-0.15, -0.1) is 0 Å². The zero-order chi connectivity index (χ0) is 30.6. The van der Waals surface area contributed by atoms with Crippen molar-refractivity contribution < 1.29 is 28.7 Å². The molecule has 0 aromatic heterocycles. The summed E-state index contributed by atoms with van der Waals surface area (Å²) < 4.78 is 11.3. The molecular formula is C32H34N6O6. The van der Waals surface area contributed by atoms with E-state index in [-0.39, 0.29) is 43.5 Å². The number of ether oxygens (including phenoxy) is 2. The molecule has 5 amide bonds. The van der Waals surface area contributed by atoms with Gasteiger partial charge in [-0.25, -0.2) is 4.79 Å². The van der Waals surface area contributed by atoms with E-state index >= 15 is 0 Å². The number of hydrogen-bond acceptors (Lipinski definition) is 8. The Balaban J connectivity index is 0.990. The normalized spacial score (nSPS) is 17.9. The number of fused-ring (bicyclic) bond motifs is 1. The summed E-state index contributed by atoms with van der Waals surface area (Å²) >= 11 is 0. The number of nitrogens with two attached hydrogens (primary N) is 1. The van der Waals surface area contributed by atoms with Crippen molar-refractivity contribution >= 4 is 35.1 Å². The average Bonchev–Trinajstić information content (AvgIpc) is 3.32. The lowest BCUT2D eigenvalue weighted by Crippen LogP contribution is -2.52. The van der Waals surface area contributed by atoms with Crippen LogP contribution in [0.15, 0.2) is 60.7 Å². The van der Waals surface area contributed by atoms with Crippen molar-refractivity contribution in [2.75, 3.05) is 23.8 Å². The van der Waals surface area contributed by atoms with E-state index in [9.17, 15) is 19.2 Å². The second-order valence-electron chi connectivity index (χ2n) is 11.1. The molecule has 3 heterocycles. The number of benzene rings is 3. The van der Waals surface area contributed by atoms with E-state index in [1.165, 1.54) is 4.90 Å². The van der Waals surface area contributed by atoms with Gasteiger partial charge in [-0.05, 0) is 59.5 Å². The van der Waals surface area contributed by atoms with Crippen molar-refractivity contribution in [1.82, 2.24) is 15.5 Å². The van der Waals surface area contributed by atoms with Crippen molar-refractivity contribution in [2.45, 2.75) is 51.2 Å². The molecule has 12 heteroatoms. The quantitative estimate of drug-likeness (QED) is 0.222. The first-order valence-electron chi connectivity index (χ1n) is 14.6. The number of imide groups is 1. The van der Waals surface area contributed by atoms with E-state index in [1.54, 1.807) is 12.1 Å². The van der Waals surface area contributed by atoms with Crippen molar-refractivity contribution in [3.63, 3.8) is 0 Å². The van der Waals surface area contributed by atoms with Crippen LogP contribution in [0.3, 0.4) is 0 Å². The lowest BCUT2D eigenvalue weighted by Gasteiger charge is -2.29. The first kappa shape index (κ1) is 29.1. The minimum atomic E-state index is -0.664. The molecule has 3 aliphatic rings. The lowest BCUT2D eigenvalue weighted by atomic mass is 10.0. The molecule has 0 bridgehead atoms. The molecule has 12 nitrogen and oxygen atoms in total. The van der Waals surface area contributed by atoms with Gasteiger partial charge in [0, 0.05) is 55.1 Å². The fraction of sp³-hybridized carbons (Fsp3) is 0.312. The molecule has 0 radical (unpaired) electrons. The molecule has 0 saturated carbocycles. The van der Waals surface area contributed by atoms with Crippen LogP contribution in [0.2, 0.25) is 0 Å². The smallest absolute Gasteiger partial charge is 0.319 e. The topological polar surface area (TPSA) is 164 Å². The van der Waals surface area contributed by atoms with Crippen molar-refractivity contribution in [3.8, 4) is 5.75 Å². The number of hydrogen-bond donors (Lipinski definition) is 5. The molecule has 44 heavy (non-hydrogen) atoms. The van der Waals surface area contributed by atoms with E-state index in [1.807, 2.05) is 48.5 Å². The van der Waals surface area contributed by atoms with Crippen molar-refractivity contribution in [2.24, 2.45) is 5.73 Å². The molecule has 6 N–H and O–H groups in total. The molecule has 0 spiro atoms. The maximum Gasteiger partial charge on any atom is 0.319 e. The Kier molecular flexibility index (Phi) is 8.44. The largest absolute Gasteiger partial charge is 0.485 e. The van der Waals surface area contributed by atoms with Gasteiger partial charge in [-0.2, -0.15) is 0 Å². The molecule has 1 unspecified atom stereocenters. The fourth-order valence-corrected chi connectivity index (χ4v) is 5.41. The van der Waals surface area contributed by atoms with E-state index in [0.717, 1.165) is 33.7 Å². The number of amides is 5. The minimum Gasteiger partial charge on any atom is -0.485 e. The Morgan fingerprint density at radius 3 is 2.48 bits per heavy atom. The molecule has 228 valence electrons. The molecule has 3 aromatic rings. The summed E-state index contributed by atoms with van der Waals surface area (Å²) in [4.78, 5) is 50.7. The number of carbonyl (C=O) groups excluding carboxylic acids is 4. The molecule has 1 atom stereocenters. The summed E-state index contributed by atoms with van der Waals surface area (Å²) in [7, 11) is 0. The van der Waals surface area contributed by atoms with Crippen LogP contribution in [0.5, 0.6) is 5.75 Å². The highest BCUT2D eigenvalue weighted by Gasteiger charge is 2.39. The van der Waals surface area contributed by atoms with Gasteiger partial charge in [0.05, 0.1) is 13.2 Å². The number of rotatable bonds is 10. The van der Waals surface area contributed by atoms with E-state index in [4.69, 9.17) is 15.2 Å². The van der Waals surface area contributed by atoms with Crippen molar-refractivity contribution in [1.29, 1.82) is 0 Å². The van der Waals surface area contributed by atoms with Gasteiger partial charge in [-0.1, -0.05) is 24.3 Å². The summed E-state index contributed by atoms with van der Waals surface area (Å²) in [5.74, 6) is -0.196. The molecular weight excluding hydrogens is 564 g/mol. The fourth-order valence-electron chi connectivity index (χ4n) is 5.41. The van der Waals surface area contributed by atoms with Crippen LogP contribution in [0.4, 0.5) is 16.2 Å². The third kappa shape index (κ3) is 6.51. The van der Waals surface area contributed by atoms with Crippen LogP contribution in [0, 0.1) is 0 Å². The second kappa shape index (κ2) is 12.7. The highest BCUT2D eigenvalue weighted by atomic mass is 16.6. The molecule has 3 aromatic carbocycles. The standard InChI is InChI=1S/C32H34N6O6/c33-13-19-1-3-21(28(12-19)44-25-17-43-18-25)15-34-23-4-6-24(7-5-23)36-32(42)35-14-20-2-8-26-22(11-20)16-38(31(26)41)27-9-10-29(39)37-30(27)40/h1-8,11-12,25,27,34H,9-10,13-18,33H2,(H2,35,36,42)(H,37,39,40). The number of urea groups is 1. The van der Waals surface area contributed by atoms with Crippen LogP contribution >= 0.6 is 0 Å². The Morgan fingerprint density at radius 2 is 1.75 bits per heavy atom. The average molecular weight is 599 g/mol. The Labute approximate surface area is 254 Å². The molecule has 2 fully saturated rings. The zero-order valence-corrected chi connectivity index (χ0v) is 24.1. The summed E-state index contributed by atoms with van der Waals surface area (Å²) in [6, 6.07) is 17.7. The van der Waals surface area contributed by atoms with Crippen LogP contribution in [-0.4, -0.2) is 54.0 Å². The van der Waals surface area contributed by atoms with Gasteiger partial charge in [0.1, 0.15) is 17.9 Å². The third-order valence-corrected chi connectivity index (χ3v) is 7.94. The Morgan fingerprint density at radius 1 is 0.977 bits per heavy atom. The van der Waals surface area contributed by atoms with Crippen LogP contribution in [0.25, 0.3) is 0 Å². The van der Waals surface area contributed by atoms with Gasteiger partial charge in [0.2, 0.25) is 11.8 Å². The van der Waals surface area contributed by atoms with E-state index in [0.29, 0.717) is 44.0 Å². The van der Waals surface area contributed by atoms with Crippen LogP contribution in [-0.2, 0) is 40.5 Å². The number of piperidine rings is 1. The molecule has 3 aliphatic heterocycles. The predicted octanol–water partition coefficient (Wildman–Crippen LogP) is 2.62. The highest BCUT2D eigenvalue weighted by Crippen LogP contribution is 2.29. The maximum atomic E-state index is 12.9. The SMILES string of the molecule is NCc1ccc(CNc2ccc(NC(=O)NCc3ccc4c(c3)CN(C3CCC(=O)NC3=O)C4=O)cc2)c(OC2COC2)c1. The van der Waals surface area contributed by atoms with Gasteiger partial charge < -0.3 is 36.1 Å². The van der Waals surface area contributed by atoms with Gasteiger partial charge in [0.25, 0.3) is 5.91 Å². The molecule has 2 saturated heterocycles. The monoisotopic (exact) mass is 598 g/mol. The summed E-state index contributed by atoms with van der Waals surface area (Å²) in [5.41, 5.74) is 11.5. The first-order valence-corrected chi connectivity index (χ1v) is 14.6. The summed E-state index contributed by atoms with van der Waals surface area (Å²) in [6.45, 7) is 2.70. The molecule has 6 rings (SSSR count). The van der Waals surface area contributed by atoms with E-state index in [2.05, 4.69) is 21.3 Å². The third-order valence-electron chi connectivity index (χ3n) is 7.94. The zero-order valence-electron chi connectivity index (χ0n) is 24.1. The van der Waals surface area contributed by atoms with Gasteiger partial charge >= 0.3 is 6.03 Å². The maximum absolute atomic E-state index is 12.9. The Bertz CT molecular complexity index is 1590.